The summed E-state index contributed by atoms with van der Waals surface area (Å²) in [4.78, 5) is 12.7. The first-order valence-electron chi connectivity index (χ1n) is 10.2. The van der Waals surface area contributed by atoms with Gasteiger partial charge >= 0.3 is 0 Å². The van der Waals surface area contributed by atoms with Gasteiger partial charge in [0.2, 0.25) is 0 Å². The first-order valence-corrected chi connectivity index (χ1v) is 11.0. The summed E-state index contributed by atoms with van der Waals surface area (Å²) >= 11 is 3.50. The van der Waals surface area contributed by atoms with Crippen molar-refractivity contribution < 1.29 is 19.0 Å². The Labute approximate surface area is 181 Å². The number of para-hydroxylation sites is 2. The highest BCUT2D eigenvalue weighted by Crippen LogP contribution is 2.28. The van der Waals surface area contributed by atoms with Crippen molar-refractivity contribution in [3.63, 3.8) is 0 Å². The molecule has 0 aliphatic carbocycles. The minimum Gasteiger partial charge on any atom is -0.492 e. The number of hydrogen-bond donors (Lipinski definition) is 1. The van der Waals surface area contributed by atoms with Gasteiger partial charge in [0.15, 0.2) is 0 Å². The van der Waals surface area contributed by atoms with E-state index < -0.39 is 0 Å². The molecule has 29 heavy (non-hydrogen) atoms. The fourth-order valence-corrected chi connectivity index (χ4v) is 3.21. The minimum absolute atomic E-state index is 0.207. The van der Waals surface area contributed by atoms with Gasteiger partial charge in [0.05, 0.1) is 23.4 Å². The van der Waals surface area contributed by atoms with Gasteiger partial charge in [-0.05, 0) is 59.6 Å². The smallest absolute Gasteiger partial charge is 0.255 e. The van der Waals surface area contributed by atoms with Crippen molar-refractivity contribution in [2.24, 2.45) is 0 Å². The summed E-state index contributed by atoms with van der Waals surface area (Å²) in [5, 5.41) is 2.91. The molecule has 0 heterocycles. The van der Waals surface area contributed by atoms with Crippen LogP contribution in [0.15, 0.2) is 46.9 Å². The molecule has 1 N–H and O–H groups in total. The zero-order valence-electron chi connectivity index (χ0n) is 17.2. The number of rotatable bonds is 13. The van der Waals surface area contributed by atoms with Crippen molar-refractivity contribution >= 4 is 27.5 Å². The maximum atomic E-state index is 12.7. The molecule has 0 atom stereocenters. The van der Waals surface area contributed by atoms with Crippen LogP contribution in [-0.4, -0.2) is 32.3 Å². The zero-order valence-corrected chi connectivity index (χ0v) is 18.8. The van der Waals surface area contributed by atoms with Crippen molar-refractivity contribution in [3.05, 3.63) is 52.5 Å². The number of nitrogens with one attached hydrogen (secondary N) is 1. The summed E-state index contributed by atoms with van der Waals surface area (Å²) < 4.78 is 17.6. The Morgan fingerprint density at radius 1 is 0.931 bits per heavy atom. The van der Waals surface area contributed by atoms with E-state index in [0.29, 0.717) is 43.4 Å². The number of carbonyl (C=O) groups excluding carboxylic acids is 1. The van der Waals surface area contributed by atoms with Crippen molar-refractivity contribution in [1.82, 2.24) is 0 Å². The molecule has 1 amide bonds. The minimum atomic E-state index is -0.207. The van der Waals surface area contributed by atoms with E-state index in [2.05, 4.69) is 28.2 Å². The largest absolute Gasteiger partial charge is 0.492 e. The van der Waals surface area contributed by atoms with Crippen LogP contribution in [0.2, 0.25) is 0 Å². The lowest BCUT2D eigenvalue weighted by Gasteiger charge is -2.13. The third-order valence-corrected chi connectivity index (χ3v) is 4.89. The number of amides is 1. The molecule has 0 unspecified atom stereocenters. The summed E-state index contributed by atoms with van der Waals surface area (Å²) in [6.45, 7) is 6.38. The molecule has 0 fully saturated rings. The molecule has 5 nitrogen and oxygen atoms in total. The molecule has 6 heteroatoms. The van der Waals surface area contributed by atoms with E-state index in [9.17, 15) is 4.79 Å². The highest BCUT2D eigenvalue weighted by atomic mass is 79.9. The quantitative estimate of drug-likeness (QED) is 0.365. The highest BCUT2D eigenvalue weighted by molar-refractivity contribution is 9.10. The Morgan fingerprint density at radius 2 is 1.72 bits per heavy atom. The molecular formula is C23H30BrNO4. The van der Waals surface area contributed by atoms with Crippen LogP contribution < -0.4 is 14.8 Å². The topological polar surface area (TPSA) is 56.8 Å². The van der Waals surface area contributed by atoms with E-state index in [1.54, 1.807) is 12.1 Å². The standard InChI is InChI=1S/C23H30BrNO4/c1-3-5-6-9-14-28-21-13-12-18(17-19(21)24)23(26)25-20-10-7-8-11-22(20)29-16-15-27-4-2/h7-8,10-13,17H,3-6,9,14-16H2,1-2H3,(H,25,26). The number of unbranched alkanes of at least 4 members (excludes halogenated alkanes) is 3. The summed E-state index contributed by atoms with van der Waals surface area (Å²) in [5.41, 5.74) is 1.17. The number of hydrogen-bond acceptors (Lipinski definition) is 4. The van der Waals surface area contributed by atoms with E-state index in [1.807, 2.05) is 37.3 Å². The summed E-state index contributed by atoms with van der Waals surface area (Å²) in [6, 6.07) is 12.7. The molecule has 0 saturated carbocycles. The third-order valence-electron chi connectivity index (χ3n) is 4.27. The highest BCUT2D eigenvalue weighted by Gasteiger charge is 2.12. The van der Waals surface area contributed by atoms with Gasteiger partial charge < -0.3 is 19.5 Å². The Morgan fingerprint density at radius 3 is 2.48 bits per heavy atom. The molecule has 2 rings (SSSR count). The predicted molar refractivity (Wildman–Crippen MR) is 120 cm³/mol. The molecule has 0 aliphatic rings. The summed E-state index contributed by atoms with van der Waals surface area (Å²) in [5.74, 6) is 1.16. The number of carbonyl (C=O) groups is 1. The van der Waals surface area contributed by atoms with E-state index in [1.165, 1.54) is 19.3 Å². The van der Waals surface area contributed by atoms with Crippen LogP contribution in [0.1, 0.15) is 49.9 Å². The zero-order chi connectivity index (χ0) is 20.9. The molecule has 158 valence electrons. The van der Waals surface area contributed by atoms with Crippen LogP contribution >= 0.6 is 15.9 Å². The molecule has 2 aromatic carbocycles. The van der Waals surface area contributed by atoms with Gasteiger partial charge in [-0.15, -0.1) is 0 Å². The van der Waals surface area contributed by atoms with Crippen LogP contribution in [0.5, 0.6) is 11.5 Å². The average Bonchev–Trinajstić information content (AvgIpc) is 2.73. The molecule has 0 radical (unpaired) electrons. The normalized spacial score (nSPS) is 10.6. The second kappa shape index (κ2) is 13.2. The number of benzene rings is 2. The SMILES string of the molecule is CCCCCCOc1ccc(C(=O)Nc2ccccc2OCCOCC)cc1Br. The van der Waals surface area contributed by atoms with Crippen LogP contribution in [0.4, 0.5) is 5.69 Å². The van der Waals surface area contributed by atoms with E-state index >= 15 is 0 Å². The van der Waals surface area contributed by atoms with Crippen LogP contribution in [0.3, 0.4) is 0 Å². The number of ether oxygens (including phenoxy) is 3. The van der Waals surface area contributed by atoms with Crippen LogP contribution in [0, 0.1) is 0 Å². The second-order valence-electron chi connectivity index (χ2n) is 6.55. The fraction of sp³-hybridized carbons (Fsp3) is 0.435. The first-order chi connectivity index (χ1) is 14.2. The molecule has 2 aromatic rings. The van der Waals surface area contributed by atoms with Gasteiger partial charge in [0.25, 0.3) is 5.91 Å². The Balaban J connectivity index is 1.94. The number of halogens is 1. The van der Waals surface area contributed by atoms with Gasteiger partial charge in [-0.3, -0.25) is 4.79 Å². The lowest BCUT2D eigenvalue weighted by atomic mass is 10.2. The molecule has 0 saturated heterocycles. The van der Waals surface area contributed by atoms with Gasteiger partial charge in [-0.1, -0.05) is 38.3 Å². The van der Waals surface area contributed by atoms with Gasteiger partial charge in [-0.2, -0.15) is 0 Å². The first kappa shape index (κ1) is 23.2. The van der Waals surface area contributed by atoms with E-state index in [4.69, 9.17) is 14.2 Å². The maximum absolute atomic E-state index is 12.7. The van der Waals surface area contributed by atoms with Crippen molar-refractivity contribution in [2.75, 3.05) is 31.7 Å². The van der Waals surface area contributed by atoms with Gasteiger partial charge in [0.1, 0.15) is 18.1 Å². The average molecular weight is 464 g/mol. The van der Waals surface area contributed by atoms with Crippen molar-refractivity contribution in [2.45, 2.75) is 39.5 Å². The lowest BCUT2D eigenvalue weighted by Crippen LogP contribution is -2.14. The summed E-state index contributed by atoms with van der Waals surface area (Å²) in [7, 11) is 0. The van der Waals surface area contributed by atoms with E-state index in [0.717, 1.165) is 16.6 Å². The van der Waals surface area contributed by atoms with Crippen LogP contribution in [-0.2, 0) is 4.74 Å². The monoisotopic (exact) mass is 463 g/mol. The maximum Gasteiger partial charge on any atom is 0.255 e. The molecule has 0 spiro atoms. The summed E-state index contributed by atoms with van der Waals surface area (Å²) in [6.07, 6.45) is 4.62. The third kappa shape index (κ3) is 8.07. The molecule has 0 aromatic heterocycles. The van der Waals surface area contributed by atoms with Gasteiger partial charge in [0, 0.05) is 12.2 Å². The second-order valence-corrected chi connectivity index (χ2v) is 7.40. The Hall–Kier alpha value is -2.05. The molecular weight excluding hydrogens is 434 g/mol. The Bertz CT molecular complexity index is 766. The van der Waals surface area contributed by atoms with Crippen molar-refractivity contribution in [3.8, 4) is 11.5 Å². The van der Waals surface area contributed by atoms with Gasteiger partial charge in [-0.25, -0.2) is 0 Å². The van der Waals surface area contributed by atoms with E-state index in [-0.39, 0.29) is 5.91 Å². The fourth-order valence-electron chi connectivity index (χ4n) is 2.72. The Kier molecular flexibility index (Phi) is 10.6. The van der Waals surface area contributed by atoms with Crippen molar-refractivity contribution in [1.29, 1.82) is 0 Å². The molecule has 0 aliphatic heterocycles. The van der Waals surface area contributed by atoms with Crippen LogP contribution in [0.25, 0.3) is 0 Å². The predicted octanol–water partition coefficient (Wildman–Crippen LogP) is 6.08. The molecule has 0 bridgehead atoms. The lowest BCUT2D eigenvalue weighted by molar-refractivity contribution is 0.102. The number of anilines is 1.